The normalized spacial score (nSPS) is 13.7. The summed E-state index contributed by atoms with van der Waals surface area (Å²) in [4.78, 5) is 27.6. The van der Waals surface area contributed by atoms with Gasteiger partial charge in [-0.3, -0.25) is 4.79 Å². The Morgan fingerprint density at radius 2 is 1.93 bits per heavy atom. The second-order valence-corrected chi connectivity index (χ2v) is 7.14. The standard InChI is InChI=1S/C22H28N2O5/c1-5-27-22(26)21-13(2)17(15(4)24-21)7-9-20(25)23-14(3)16-6-8-18-19(12-16)29-11-10-28-18/h6,8,12,14,24H,5,7,9-11H2,1-4H3,(H,23,25)/t14-/m0/s1. The van der Waals surface area contributed by atoms with E-state index >= 15 is 0 Å². The maximum absolute atomic E-state index is 12.5. The summed E-state index contributed by atoms with van der Waals surface area (Å²) in [6.45, 7) is 8.90. The van der Waals surface area contributed by atoms with Crippen molar-refractivity contribution >= 4 is 11.9 Å². The van der Waals surface area contributed by atoms with Crippen LogP contribution in [-0.4, -0.2) is 36.7 Å². The van der Waals surface area contributed by atoms with Gasteiger partial charge in [0, 0.05) is 12.1 Å². The summed E-state index contributed by atoms with van der Waals surface area (Å²) in [5, 5.41) is 3.02. The SMILES string of the molecule is CCOC(=O)c1[nH]c(C)c(CCC(=O)N[C@@H](C)c2ccc3c(c2)OCCO3)c1C. The summed E-state index contributed by atoms with van der Waals surface area (Å²) >= 11 is 0. The number of amides is 1. The summed E-state index contributed by atoms with van der Waals surface area (Å²) < 4.78 is 16.2. The predicted octanol–water partition coefficient (Wildman–Crippen LogP) is 3.39. The molecule has 2 aromatic rings. The van der Waals surface area contributed by atoms with Crippen molar-refractivity contribution < 1.29 is 23.8 Å². The molecule has 2 heterocycles. The van der Waals surface area contributed by atoms with Crippen molar-refractivity contribution in [3.8, 4) is 11.5 Å². The van der Waals surface area contributed by atoms with Crippen LogP contribution in [0.5, 0.6) is 11.5 Å². The molecule has 0 spiro atoms. The highest BCUT2D eigenvalue weighted by Gasteiger charge is 2.20. The average molecular weight is 400 g/mol. The maximum atomic E-state index is 12.5. The lowest BCUT2D eigenvalue weighted by molar-refractivity contribution is -0.121. The molecule has 0 bridgehead atoms. The molecule has 1 aliphatic heterocycles. The number of rotatable bonds is 7. The van der Waals surface area contributed by atoms with E-state index < -0.39 is 0 Å². The zero-order valence-corrected chi connectivity index (χ0v) is 17.4. The molecule has 0 saturated heterocycles. The van der Waals surface area contributed by atoms with Crippen LogP contribution >= 0.6 is 0 Å². The molecule has 1 amide bonds. The number of esters is 1. The Labute approximate surface area is 170 Å². The highest BCUT2D eigenvalue weighted by atomic mass is 16.6. The third kappa shape index (κ3) is 4.72. The molecular weight excluding hydrogens is 372 g/mol. The molecule has 29 heavy (non-hydrogen) atoms. The van der Waals surface area contributed by atoms with Gasteiger partial charge in [0.2, 0.25) is 5.91 Å². The van der Waals surface area contributed by atoms with Gasteiger partial charge in [-0.1, -0.05) is 6.07 Å². The summed E-state index contributed by atoms with van der Waals surface area (Å²) in [6.07, 6.45) is 0.879. The van der Waals surface area contributed by atoms with Crippen molar-refractivity contribution in [2.24, 2.45) is 0 Å². The number of ether oxygens (including phenoxy) is 3. The first-order valence-electron chi connectivity index (χ1n) is 9.94. The number of carbonyl (C=O) groups is 2. The van der Waals surface area contributed by atoms with E-state index in [2.05, 4.69) is 10.3 Å². The van der Waals surface area contributed by atoms with Crippen LogP contribution in [0.2, 0.25) is 0 Å². The number of benzene rings is 1. The van der Waals surface area contributed by atoms with Crippen LogP contribution in [0, 0.1) is 13.8 Å². The number of hydrogen-bond acceptors (Lipinski definition) is 5. The lowest BCUT2D eigenvalue weighted by Gasteiger charge is -2.21. The van der Waals surface area contributed by atoms with Gasteiger partial charge >= 0.3 is 5.97 Å². The number of hydrogen-bond donors (Lipinski definition) is 2. The number of H-pyrrole nitrogens is 1. The van der Waals surface area contributed by atoms with Gasteiger partial charge in [0.05, 0.1) is 12.6 Å². The third-order valence-electron chi connectivity index (χ3n) is 5.12. The number of nitrogens with one attached hydrogen (secondary N) is 2. The van der Waals surface area contributed by atoms with E-state index in [1.807, 2.05) is 39.0 Å². The molecule has 156 valence electrons. The van der Waals surface area contributed by atoms with Gasteiger partial charge in [-0.25, -0.2) is 4.79 Å². The van der Waals surface area contributed by atoms with Gasteiger partial charge in [0.25, 0.3) is 0 Å². The predicted molar refractivity (Wildman–Crippen MR) is 109 cm³/mol. The fraction of sp³-hybridized carbons (Fsp3) is 0.455. The van der Waals surface area contributed by atoms with Gasteiger partial charge in [0.15, 0.2) is 11.5 Å². The lowest BCUT2D eigenvalue weighted by atomic mass is 10.0. The summed E-state index contributed by atoms with van der Waals surface area (Å²) in [6, 6.07) is 5.56. The third-order valence-corrected chi connectivity index (χ3v) is 5.12. The molecule has 7 heteroatoms. The first-order valence-corrected chi connectivity index (χ1v) is 9.94. The van der Waals surface area contributed by atoms with Gasteiger partial charge < -0.3 is 24.5 Å². The molecule has 1 aliphatic rings. The number of carbonyl (C=O) groups excluding carboxylic acids is 2. The van der Waals surface area contributed by atoms with Crippen molar-refractivity contribution in [3.05, 3.63) is 46.3 Å². The second kappa shape index (κ2) is 9.03. The summed E-state index contributed by atoms with van der Waals surface area (Å²) in [7, 11) is 0. The zero-order valence-electron chi connectivity index (χ0n) is 17.4. The van der Waals surface area contributed by atoms with Gasteiger partial charge in [-0.2, -0.15) is 0 Å². The van der Waals surface area contributed by atoms with Crippen molar-refractivity contribution in [1.82, 2.24) is 10.3 Å². The van der Waals surface area contributed by atoms with E-state index in [1.54, 1.807) is 6.92 Å². The van der Waals surface area contributed by atoms with Crippen molar-refractivity contribution in [1.29, 1.82) is 0 Å². The monoisotopic (exact) mass is 400 g/mol. The van der Waals surface area contributed by atoms with Crippen molar-refractivity contribution in [2.75, 3.05) is 19.8 Å². The van der Waals surface area contributed by atoms with Gasteiger partial charge in [-0.15, -0.1) is 0 Å². The fourth-order valence-corrected chi connectivity index (χ4v) is 3.54. The second-order valence-electron chi connectivity index (χ2n) is 7.14. The number of aromatic nitrogens is 1. The minimum Gasteiger partial charge on any atom is -0.486 e. The molecule has 3 rings (SSSR count). The summed E-state index contributed by atoms with van der Waals surface area (Å²) in [5.74, 6) is 1.02. The molecule has 0 fully saturated rings. The van der Waals surface area contributed by atoms with Crippen LogP contribution < -0.4 is 14.8 Å². The molecule has 7 nitrogen and oxygen atoms in total. The Bertz CT molecular complexity index is 903. The van der Waals surface area contributed by atoms with Gasteiger partial charge in [-0.05, 0) is 62.9 Å². The number of aromatic amines is 1. The maximum Gasteiger partial charge on any atom is 0.355 e. The molecule has 0 aliphatic carbocycles. The van der Waals surface area contributed by atoms with Crippen molar-refractivity contribution in [3.63, 3.8) is 0 Å². The van der Waals surface area contributed by atoms with E-state index in [1.165, 1.54) is 0 Å². The Morgan fingerprint density at radius 3 is 2.66 bits per heavy atom. The molecule has 1 atom stereocenters. The fourth-order valence-electron chi connectivity index (χ4n) is 3.54. The van der Waals surface area contributed by atoms with Gasteiger partial charge in [0.1, 0.15) is 18.9 Å². The van der Waals surface area contributed by atoms with Crippen LogP contribution in [-0.2, 0) is 16.0 Å². The highest BCUT2D eigenvalue weighted by molar-refractivity contribution is 5.90. The van der Waals surface area contributed by atoms with E-state index in [9.17, 15) is 9.59 Å². The average Bonchev–Trinajstić information content (AvgIpc) is 3.00. The Kier molecular flexibility index (Phi) is 6.46. The van der Waals surface area contributed by atoms with E-state index in [4.69, 9.17) is 14.2 Å². The Hall–Kier alpha value is -2.96. The lowest BCUT2D eigenvalue weighted by Crippen LogP contribution is -2.27. The van der Waals surface area contributed by atoms with Crippen LogP contribution in [0.15, 0.2) is 18.2 Å². The van der Waals surface area contributed by atoms with Crippen LogP contribution in [0.4, 0.5) is 0 Å². The van der Waals surface area contributed by atoms with Crippen molar-refractivity contribution in [2.45, 2.75) is 46.6 Å². The van der Waals surface area contributed by atoms with E-state index in [0.717, 1.165) is 28.1 Å². The quantitative estimate of drug-likeness (QED) is 0.696. The molecule has 0 radical (unpaired) electrons. The van der Waals surface area contributed by atoms with E-state index in [0.29, 0.717) is 44.1 Å². The number of aryl methyl sites for hydroxylation is 1. The minimum atomic E-state index is -0.365. The zero-order chi connectivity index (χ0) is 21.0. The first kappa shape index (κ1) is 20.8. The van der Waals surface area contributed by atoms with E-state index in [-0.39, 0.29) is 17.9 Å². The molecule has 2 N–H and O–H groups in total. The Balaban J connectivity index is 1.59. The largest absolute Gasteiger partial charge is 0.486 e. The highest BCUT2D eigenvalue weighted by Crippen LogP contribution is 2.32. The first-order chi connectivity index (χ1) is 13.9. The minimum absolute atomic E-state index is 0.0509. The molecule has 1 aromatic heterocycles. The number of fused-ring (bicyclic) bond motifs is 1. The van der Waals surface area contributed by atoms with Crippen LogP contribution in [0.1, 0.15) is 59.2 Å². The summed E-state index contributed by atoms with van der Waals surface area (Å²) in [5.41, 5.74) is 4.13. The van der Waals surface area contributed by atoms with Crippen LogP contribution in [0.3, 0.4) is 0 Å². The molecular formula is C22H28N2O5. The smallest absolute Gasteiger partial charge is 0.355 e. The van der Waals surface area contributed by atoms with Crippen LogP contribution in [0.25, 0.3) is 0 Å². The molecule has 0 unspecified atom stereocenters. The molecule has 1 aromatic carbocycles. The Morgan fingerprint density at radius 1 is 1.21 bits per heavy atom. The topological polar surface area (TPSA) is 89.7 Å². The molecule has 0 saturated carbocycles.